The Kier molecular flexibility index (Phi) is 5.77. The maximum atomic E-state index is 13.7. The minimum absolute atomic E-state index is 0.0194. The number of rotatable bonds is 7. The van der Waals surface area contributed by atoms with Gasteiger partial charge in [-0.2, -0.15) is 0 Å². The van der Waals surface area contributed by atoms with Crippen molar-refractivity contribution in [2.75, 3.05) is 23.3 Å². The number of hydrogen-bond donors (Lipinski definition) is 1. The average Bonchev–Trinajstić information content (AvgIpc) is 3.65. The van der Waals surface area contributed by atoms with Gasteiger partial charge in [-0.05, 0) is 49.4 Å². The van der Waals surface area contributed by atoms with Crippen molar-refractivity contribution in [2.45, 2.75) is 32.9 Å². The molecule has 1 aromatic carbocycles. The molecule has 0 atom stereocenters. The van der Waals surface area contributed by atoms with E-state index in [4.69, 9.17) is 0 Å². The number of carbonyl (C=O) groups is 2. The molecule has 0 radical (unpaired) electrons. The summed E-state index contributed by atoms with van der Waals surface area (Å²) in [5.41, 5.74) is 3.94. The maximum Gasteiger partial charge on any atom is 0.256 e. The van der Waals surface area contributed by atoms with E-state index in [1.165, 1.54) is 0 Å². The van der Waals surface area contributed by atoms with Gasteiger partial charge in [0, 0.05) is 25.0 Å². The third-order valence-electron chi connectivity index (χ3n) is 6.05. The fraction of sp³-hybridized carbons (Fsp3) is 0.308. The summed E-state index contributed by atoms with van der Waals surface area (Å²) in [5, 5.41) is 3.08. The average molecular weight is 442 g/mol. The first-order valence-electron chi connectivity index (χ1n) is 11.4. The first kappa shape index (κ1) is 21.1. The lowest BCUT2D eigenvalue weighted by molar-refractivity contribution is -0.117. The summed E-state index contributed by atoms with van der Waals surface area (Å²) in [4.78, 5) is 38.9. The second-order valence-corrected chi connectivity index (χ2v) is 8.81. The summed E-state index contributed by atoms with van der Waals surface area (Å²) in [6.07, 6.45) is 3.89. The Balaban J connectivity index is 1.45. The normalized spacial score (nSPS) is 15.1. The van der Waals surface area contributed by atoms with Gasteiger partial charge in [0.2, 0.25) is 5.91 Å². The number of nitrogens with one attached hydrogen (secondary N) is 1. The SMILES string of the molecule is Cc1cccc(CN(Cc2ccccc2)C(=O)c2cnc3c(c2)N(CC2CC2)C(=O)CN3)n1. The lowest BCUT2D eigenvalue weighted by atomic mass is 10.1. The number of benzene rings is 1. The molecule has 7 nitrogen and oxygen atoms in total. The molecule has 5 rings (SSSR count). The first-order chi connectivity index (χ1) is 16.1. The zero-order chi connectivity index (χ0) is 22.8. The zero-order valence-corrected chi connectivity index (χ0v) is 18.7. The van der Waals surface area contributed by atoms with Gasteiger partial charge in [0.15, 0.2) is 0 Å². The fourth-order valence-electron chi connectivity index (χ4n) is 4.13. The van der Waals surface area contributed by atoms with E-state index >= 15 is 0 Å². The van der Waals surface area contributed by atoms with E-state index in [1.807, 2.05) is 55.5 Å². The van der Waals surface area contributed by atoms with E-state index in [2.05, 4.69) is 15.3 Å². The van der Waals surface area contributed by atoms with Gasteiger partial charge in [-0.15, -0.1) is 0 Å². The molecule has 7 heteroatoms. The quantitative estimate of drug-likeness (QED) is 0.604. The molecule has 1 fully saturated rings. The molecule has 0 saturated heterocycles. The summed E-state index contributed by atoms with van der Waals surface area (Å²) in [5.74, 6) is 1.08. The molecule has 2 aliphatic rings. The Bertz CT molecular complexity index is 1180. The highest BCUT2D eigenvalue weighted by Gasteiger charge is 2.32. The molecule has 2 amide bonds. The smallest absolute Gasteiger partial charge is 0.256 e. The molecular formula is C26H27N5O2. The highest BCUT2D eigenvalue weighted by atomic mass is 16.2. The Morgan fingerprint density at radius 2 is 1.94 bits per heavy atom. The van der Waals surface area contributed by atoms with Crippen molar-refractivity contribution < 1.29 is 9.59 Å². The molecular weight excluding hydrogens is 414 g/mol. The molecule has 3 heterocycles. The van der Waals surface area contributed by atoms with Crippen LogP contribution in [-0.4, -0.2) is 39.8 Å². The number of aryl methyl sites for hydroxylation is 1. The molecule has 0 spiro atoms. The van der Waals surface area contributed by atoms with Gasteiger partial charge >= 0.3 is 0 Å². The van der Waals surface area contributed by atoms with Crippen molar-refractivity contribution in [3.63, 3.8) is 0 Å². The van der Waals surface area contributed by atoms with E-state index < -0.39 is 0 Å². The van der Waals surface area contributed by atoms with Gasteiger partial charge in [0.1, 0.15) is 5.82 Å². The molecule has 0 unspecified atom stereocenters. The number of aromatic nitrogens is 2. The lowest BCUT2D eigenvalue weighted by Gasteiger charge is -2.30. The fourth-order valence-corrected chi connectivity index (χ4v) is 4.13. The standard InChI is InChI=1S/C26H27N5O2/c1-18-6-5-9-22(29-18)17-30(15-19-7-3-2-4-8-19)26(33)21-12-23-25(27-13-21)28-14-24(32)31(23)16-20-10-11-20/h2-9,12-13,20H,10-11,14-17H2,1H3,(H,27,28). The van der Waals surface area contributed by atoms with E-state index in [9.17, 15) is 9.59 Å². The van der Waals surface area contributed by atoms with Crippen LogP contribution in [0, 0.1) is 12.8 Å². The largest absolute Gasteiger partial charge is 0.359 e. The van der Waals surface area contributed by atoms with Crippen molar-refractivity contribution in [1.82, 2.24) is 14.9 Å². The molecule has 168 valence electrons. The van der Waals surface area contributed by atoms with Crippen LogP contribution in [0.25, 0.3) is 0 Å². The Labute approximate surface area is 193 Å². The van der Waals surface area contributed by atoms with Crippen molar-refractivity contribution in [3.8, 4) is 0 Å². The van der Waals surface area contributed by atoms with Crippen molar-refractivity contribution >= 4 is 23.3 Å². The van der Waals surface area contributed by atoms with Crippen LogP contribution in [0.2, 0.25) is 0 Å². The topological polar surface area (TPSA) is 78.4 Å². The Hall–Kier alpha value is -3.74. The number of anilines is 2. The molecule has 2 aromatic heterocycles. The molecule has 3 aromatic rings. The predicted octanol–water partition coefficient (Wildman–Crippen LogP) is 3.80. The van der Waals surface area contributed by atoms with Gasteiger partial charge in [-0.25, -0.2) is 4.98 Å². The van der Waals surface area contributed by atoms with Crippen LogP contribution >= 0.6 is 0 Å². The van der Waals surface area contributed by atoms with Crippen LogP contribution in [0.4, 0.5) is 11.5 Å². The van der Waals surface area contributed by atoms with Gasteiger partial charge in [-0.3, -0.25) is 14.6 Å². The van der Waals surface area contributed by atoms with Crippen LogP contribution in [0.15, 0.2) is 60.8 Å². The summed E-state index contributed by atoms with van der Waals surface area (Å²) in [7, 11) is 0. The minimum Gasteiger partial charge on any atom is -0.359 e. The molecule has 1 aliphatic heterocycles. The molecule has 1 aliphatic carbocycles. The second-order valence-electron chi connectivity index (χ2n) is 8.81. The van der Waals surface area contributed by atoms with Crippen molar-refractivity contribution in [2.24, 2.45) is 5.92 Å². The summed E-state index contributed by atoms with van der Waals surface area (Å²) >= 11 is 0. The third-order valence-corrected chi connectivity index (χ3v) is 6.05. The van der Waals surface area contributed by atoms with Gasteiger partial charge in [0.25, 0.3) is 5.91 Å². The van der Waals surface area contributed by atoms with Crippen LogP contribution in [-0.2, 0) is 17.9 Å². The highest BCUT2D eigenvalue weighted by Crippen LogP contribution is 2.35. The van der Waals surface area contributed by atoms with Gasteiger partial charge in [0.05, 0.1) is 30.0 Å². The predicted molar refractivity (Wildman–Crippen MR) is 127 cm³/mol. The summed E-state index contributed by atoms with van der Waals surface area (Å²) in [6, 6.07) is 17.6. The third kappa shape index (κ3) is 4.87. The van der Waals surface area contributed by atoms with Crippen molar-refractivity contribution in [1.29, 1.82) is 0 Å². The maximum absolute atomic E-state index is 13.7. The number of hydrogen-bond acceptors (Lipinski definition) is 5. The minimum atomic E-state index is -0.137. The molecule has 1 N–H and O–H groups in total. The van der Waals surface area contributed by atoms with Crippen LogP contribution in [0.3, 0.4) is 0 Å². The van der Waals surface area contributed by atoms with Gasteiger partial charge in [-0.1, -0.05) is 36.4 Å². The number of carbonyl (C=O) groups excluding carboxylic acids is 2. The van der Waals surface area contributed by atoms with Crippen molar-refractivity contribution in [3.05, 3.63) is 83.3 Å². The lowest BCUT2D eigenvalue weighted by Crippen LogP contribution is -2.41. The number of pyridine rings is 2. The molecule has 0 bridgehead atoms. The monoisotopic (exact) mass is 441 g/mol. The van der Waals surface area contributed by atoms with Crippen LogP contribution in [0.1, 0.15) is 40.2 Å². The Morgan fingerprint density at radius 1 is 1.12 bits per heavy atom. The molecule has 1 saturated carbocycles. The summed E-state index contributed by atoms with van der Waals surface area (Å²) < 4.78 is 0. The highest BCUT2D eigenvalue weighted by molar-refractivity contribution is 6.04. The molecule has 33 heavy (non-hydrogen) atoms. The second kappa shape index (κ2) is 9.02. The van der Waals surface area contributed by atoms with E-state index in [0.29, 0.717) is 42.6 Å². The zero-order valence-electron chi connectivity index (χ0n) is 18.7. The van der Waals surface area contributed by atoms with E-state index in [-0.39, 0.29) is 18.4 Å². The van der Waals surface area contributed by atoms with E-state index in [1.54, 1.807) is 22.1 Å². The number of fused-ring (bicyclic) bond motifs is 1. The number of amides is 2. The van der Waals surface area contributed by atoms with Crippen LogP contribution < -0.4 is 10.2 Å². The summed E-state index contributed by atoms with van der Waals surface area (Å²) in [6.45, 7) is 3.70. The Morgan fingerprint density at radius 3 is 2.70 bits per heavy atom. The van der Waals surface area contributed by atoms with Gasteiger partial charge < -0.3 is 15.1 Å². The van der Waals surface area contributed by atoms with E-state index in [0.717, 1.165) is 29.8 Å². The number of nitrogens with zero attached hydrogens (tertiary/aromatic N) is 4. The first-order valence-corrected chi connectivity index (χ1v) is 11.4. The van der Waals surface area contributed by atoms with Crippen LogP contribution in [0.5, 0.6) is 0 Å².